The van der Waals surface area contributed by atoms with Crippen LogP contribution in [0.2, 0.25) is 0 Å². The fraction of sp³-hybridized carbons (Fsp3) is 0.400. The number of ether oxygens (including phenoxy) is 1. The summed E-state index contributed by atoms with van der Waals surface area (Å²) in [5, 5.41) is 10.7. The second kappa shape index (κ2) is 6.15. The number of pyridine rings is 1. The van der Waals surface area contributed by atoms with Crippen molar-refractivity contribution < 1.29 is 14.1 Å². The van der Waals surface area contributed by atoms with Crippen molar-refractivity contribution in [3.63, 3.8) is 0 Å². The quantitative estimate of drug-likeness (QED) is 0.638. The van der Waals surface area contributed by atoms with Crippen LogP contribution in [0.3, 0.4) is 0 Å². The van der Waals surface area contributed by atoms with Crippen LogP contribution in [-0.2, 0) is 11.2 Å². The Balaban J connectivity index is 1.87. The lowest BCUT2D eigenvalue weighted by atomic mass is 10.1. The third-order valence-corrected chi connectivity index (χ3v) is 3.73. The maximum absolute atomic E-state index is 10.7. The Morgan fingerprint density at radius 3 is 2.91 bits per heavy atom. The van der Waals surface area contributed by atoms with E-state index in [1.807, 2.05) is 19.1 Å². The normalized spacial score (nSPS) is 18.4. The van der Waals surface area contributed by atoms with Gasteiger partial charge in [0.2, 0.25) is 0 Å². The van der Waals surface area contributed by atoms with Crippen LogP contribution in [0.1, 0.15) is 24.5 Å². The molecule has 1 saturated heterocycles. The molecule has 0 N–H and O–H groups in total. The lowest BCUT2D eigenvalue weighted by Crippen LogP contribution is -2.39. The maximum atomic E-state index is 10.7. The molecule has 0 radical (unpaired) electrons. The molecule has 1 aliphatic rings. The van der Waals surface area contributed by atoms with Crippen LogP contribution in [0, 0.1) is 10.1 Å². The Kier molecular flexibility index (Phi) is 4.06. The van der Waals surface area contributed by atoms with Crippen molar-refractivity contribution in [2.45, 2.75) is 19.4 Å². The van der Waals surface area contributed by atoms with Crippen LogP contribution in [0.25, 0.3) is 0 Å². The van der Waals surface area contributed by atoms with E-state index in [0.717, 1.165) is 17.9 Å². The van der Waals surface area contributed by atoms with Crippen LogP contribution in [0.5, 0.6) is 0 Å². The molecule has 3 heterocycles. The van der Waals surface area contributed by atoms with Gasteiger partial charge < -0.3 is 14.1 Å². The molecule has 0 saturated carbocycles. The van der Waals surface area contributed by atoms with Crippen molar-refractivity contribution in [3.05, 3.63) is 52.1 Å². The number of nitrogens with zero attached hydrogens (tertiary/aromatic N) is 3. The Morgan fingerprint density at radius 2 is 2.27 bits per heavy atom. The summed E-state index contributed by atoms with van der Waals surface area (Å²) >= 11 is 0. The second-order valence-corrected chi connectivity index (χ2v) is 5.07. The highest BCUT2D eigenvalue weighted by atomic mass is 16.6. The van der Waals surface area contributed by atoms with Gasteiger partial charge in [0.15, 0.2) is 0 Å². The van der Waals surface area contributed by atoms with Gasteiger partial charge in [-0.15, -0.1) is 0 Å². The van der Waals surface area contributed by atoms with E-state index in [9.17, 15) is 10.1 Å². The zero-order valence-corrected chi connectivity index (χ0v) is 12.3. The first-order valence-corrected chi connectivity index (χ1v) is 7.22. The molecule has 22 heavy (non-hydrogen) atoms. The number of hydrogen-bond donors (Lipinski definition) is 0. The lowest BCUT2D eigenvalue weighted by molar-refractivity contribution is -0.385. The third kappa shape index (κ3) is 2.80. The fourth-order valence-electron chi connectivity index (χ4n) is 2.53. The van der Waals surface area contributed by atoms with E-state index in [2.05, 4.69) is 9.88 Å². The van der Waals surface area contributed by atoms with Crippen molar-refractivity contribution in [3.8, 4) is 0 Å². The number of aryl methyl sites for hydroxylation is 1. The number of nitro groups is 1. The molecule has 0 aromatic carbocycles. The van der Waals surface area contributed by atoms with Gasteiger partial charge in [-0.2, -0.15) is 0 Å². The highest BCUT2D eigenvalue weighted by Gasteiger charge is 2.28. The van der Waals surface area contributed by atoms with E-state index in [1.54, 1.807) is 6.07 Å². The summed E-state index contributed by atoms with van der Waals surface area (Å²) in [6.45, 7) is 3.80. The van der Waals surface area contributed by atoms with E-state index < -0.39 is 4.92 Å². The summed E-state index contributed by atoms with van der Waals surface area (Å²) in [6, 6.07) is 6.99. The monoisotopic (exact) mass is 303 g/mol. The van der Waals surface area contributed by atoms with Gasteiger partial charge in [-0.1, -0.05) is 6.92 Å². The Bertz CT molecular complexity index is 653. The highest BCUT2D eigenvalue weighted by molar-refractivity contribution is 5.45. The molecule has 1 fully saturated rings. The summed E-state index contributed by atoms with van der Waals surface area (Å²) < 4.78 is 11.4. The average molecular weight is 303 g/mol. The van der Waals surface area contributed by atoms with Crippen LogP contribution in [-0.4, -0.2) is 29.7 Å². The lowest BCUT2D eigenvalue weighted by Gasteiger charge is -2.35. The second-order valence-electron chi connectivity index (χ2n) is 5.07. The number of furan rings is 1. The van der Waals surface area contributed by atoms with E-state index >= 15 is 0 Å². The predicted octanol–water partition coefficient (Wildman–Crippen LogP) is 2.72. The number of rotatable bonds is 4. The topological polar surface area (TPSA) is 81.6 Å². The molecule has 0 bridgehead atoms. The van der Waals surface area contributed by atoms with Crippen molar-refractivity contribution >= 4 is 11.5 Å². The van der Waals surface area contributed by atoms with E-state index in [1.165, 1.54) is 12.3 Å². The first-order chi connectivity index (χ1) is 10.7. The third-order valence-electron chi connectivity index (χ3n) is 3.73. The smallest absolute Gasteiger partial charge is 0.287 e. The number of hydrogen-bond acceptors (Lipinski definition) is 6. The number of anilines is 1. The number of aromatic nitrogens is 1. The van der Waals surface area contributed by atoms with Gasteiger partial charge in [-0.05, 0) is 18.2 Å². The van der Waals surface area contributed by atoms with Crippen LogP contribution < -0.4 is 4.90 Å². The minimum Gasteiger partial charge on any atom is -0.464 e. The molecular formula is C15H17N3O4. The maximum Gasteiger partial charge on any atom is 0.287 e. The molecule has 7 heteroatoms. The molecule has 1 atom stereocenters. The molecule has 1 aliphatic heterocycles. The van der Waals surface area contributed by atoms with Crippen molar-refractivity contribution in [1.82, 2.24) is 4.98 Å². The van der Waals surface area contributed by atoms with Gasteiger partial charge in [0.05, 0.1) is 18.1 Å². The standard InChI is InChI=1S/C15H17N3O4/c1-2-12-4-5-14(22-12)13-10-21-8-7-17(13)15-6-3-11(9-16-15)18(19)20/h3-6,9,13H,2,7-8,10H2,1H3. The predicted molar refractivity (Wildman–Crippen MR) is 79.9 cm³/mol. The largest absolute Gasteiger partial charge is 0.464 e. The van der Waals surface area contributed by atoms with Crippen LogP contribution >= 0.6 is 0 Å². The summed E-state index contributed by atoms with van der Waals surface area (Å²) in [7, 11) is 0. The molecule has 7 nitrogen and oxygen atoms in total. The Hall–Kier alpha value is -2.41. The molecule has 0 amide bonds. The Labute approximate surface area is 127 Å². The average Bonchev–Trinajstić information content (AvgIpc) is 3.04. The van der Waals surface area contributed by atoms with E-state index in [0.29, 0.717) is 25.6 Å². The number of morpholine rings is 1. The minimum atomic E-state index is -0.451. The zero-order chi connectivity index (χ0) is 15.5. The molecule has 2 aromatic heterocycles. The van der Waals surface area contributed by atoms with Gasteiger partial charge in [0.25, 0.3) is 5.69 Å². The Morgan fingerprint density at radius 1 is 1.41 bits per heavy atom. The van der Waals surface area contributed by atoms with Crippen LogP contribution in [0.4, 0.5) is 11.5 Å². The SMILES string of the molecule is CCc1ccc(C2COCCN2c2ccc([N+](=O)[O-])cn2)o1. The molecule has 3 rings (SSSR count). The summed E-state index contributed by atoms with van der Waals surface area (Å²) in [5.74, 6) is 2.45. The van der Waals surface area contributed by atoms with Gasteiger partial charge in [-0.3, -0.25) is 10.1 Å². The van der Waals surface area contributed by atoms with Crippen molar-refractivity contribution in [1.29, 1.82) is 0 Å². The zero-order valence-electron chi connectivity index (χ0n) is 12.3. The molecule has 2 aromatic rings. The van der Waals surface area contributed by atoms with Crippen molar-refractivity contribution in [2.24, 2.45) is 0 Å². The molecular weight excluding hydrogens is 286 g/mol. The fourth-order valence-corrected chi connectivity index (χ4v) is 2.53. The summed E-state index contributed by atoms with van der Waals surface area (Å²) in [6.07, 6.45) is 2.12. The minimum absolute atomic E-state index is 0.0140. The van der Waals surface area contributed by atoms with Gasteiger partial charge in [0, 0.05) is 19.0 Å². The van der Waals surface area contributed by atoms with E-state index in [4.69, 9.17) is 9.15 Å². The molecule has 1 unspecified atom stereocenters. The van der Waals surface area contributed by atoms with Gasteiger partial charge in [-0.25, -0.2) is 4.98 Å². The van der Waals surface area contributed by atoms with Gasteiger partial charge >= 0.3 is 0 Å². The van der Waals surface area contributed by atoms with Crippen molar-refractivity contribution in [2.75, 3.05) is 24.7 Å². The van der Waals surface area contributed by atoms with E-state index in [-0.39, 0.29) is 11.7 Å². The molecule has 0 aliphatic carbocycles. The first kappa shape index (κ1) is 14.5. The van der Waals surface area contributed by atoms with Gasteiger partial charge in [0.1, 0.15) is 29.6 Å². The van der Waals surface area contributed by atoms with Crippen LogP contribution in [0.15, 0.2) is 34.9 Å². The molecule has 116 valence electrons. The summed E-state index contributed by atoms with van der Waals surface area (Å²) in [5.41, 5.74) is -0.0140. The summed E-state index contributed by atoms with van der Waals surface area (Å²) in [4.78, 5) is 16.6. The molecule has 0 spiro atoms. The highest BCUT2D eigenvalue weighted by Crippen LogP contribution is 2.30. The first-order valence-electron chi connectivity index (χ1n) is 7.22.